The van der Waals surface area contributed by atoms with Gasteiger partial charge in [-0.05, 0) is 13.0 Å². The number of nitrogen functional groups attached to an aromatic ring is 1. The van der Waals surface area contributed by atoms with Crippen molar-refractivity contribution in [2.24, 2.45) is 0 Å². The first-order valence-corrected chi connectivity index (χ1v) is 3.40. The summed E-state index contributed by atoms with van der Waals surface area (Å²) in [5.41, 5.74) is 5.02. The van der Waals surface area contributed by atoms with Gasteiger partial charge in [0.2, 0.25) is 0 Å². The molecule has 1 atom stereocenters. The van der Waals surface area contributed by atoms with Crippen molar-refractivity contribution >= 4 is 5.82 Å². The van der Waals surface area contributed by atoms with Gasteiger partial charge < -0.3 is 5.73 Å². The third-order valence-electron chi connectivity index (χ3n) is 1.40. The molecule has 12 heavy (non-hydrogen) atoms. The van der Waals surface area contributed by atoms with E-state index in [0.717, 1.165) is 4.68 Å². The molecular formula is C7H8N4O. The molecule has 0 aliphatic rings. The predicted molar refractivity (Wildman–Crippen MR) is 43.2 cm³/mol. The maximum atomic E-state index is 11.1. The molecule has 0 radical (unpaired) electrons. The molecule has 1 heterocycles. The summed E-state index contributed by atoms with van der Waals surface area (Å²) < 4.78 is 1.05. The lowest BCUT2D eigenvalue weighted by Gasteiger charge is -2.04. The van der Waals surface area contributed by atoms with E-state index in [4.69, 9.17) is 11.0 Å². The zero-order chi connectivity index (χ0) is 9.14. The molecule has 0 aliphatic carbocycles. The lowest BCUT2D eigenvalue weighted by Crippen LogP contribution is -2.24. The second-order valence-electron chi connectivity index (χ2n) is 2.35. The third-order valence-corrected chi connectivity index (χ3v) is 1.40. The minimum Gasteiger partial charge on any atom is -0.382 e. The molecule has 0 saturated heterocycles. The van der Waals surface area contributed by atoms with Gasteiger partial charge in [-0.3, -0.25) is 4.79 Å². The Labute approximate surface area is 69.0 Å². The van der Waals surface area contributed by atoms with Crippen molar-refractivity contribution in [1.82, 2.24) is 9.78 Å². The smallest absolute Gasteiger partial charge is 0.268 e. The molecule has 0 bridgehead atoms. The van der Waals surface area contributed by atoms with Crippen LogP contribution in [0, 0.1) is 11.3 Å². The largest absolute Gasteiger partial charge is 0.382 e. The minimum absolute atomic E-state index is 0.233. The van der Waals surface area contributed by atoms with Crippen LogP contribution in [0.4, 0.5) is 5.82 Å². The molecule has 0 fully saturated rings. The molecule has 1 unspecified atom stereocenters. The fraction of sp³-hybridized carbons (Fsp3) is 0.286. The van der Waals surface area contributed by atoms with Gasteiger partial charge in [0.15, 0.2) is 0 Å². The summed E-state index contributed by atoms with van der Waals surface area (Å²) in [6.45, 7) is 1.58. The third kappa shape index (κ3) is 1.42. The van der Waals surface area contributed by atoms with Crippen molar-refractivity contribution in [2.75, 3.05) is 5.73 Å². The van der Waals surface area contributed by atoms with Gasteiger partial charge in [-0.15, -0.1) is 0 Å². The van der Waals surface area contributed by atoms with E-state index in [0.29, 0.717) is 0 Å². The van der Waals surface area contributed by atoms with Crippen molar-refractivity contribution in [2.45, 2.75) is 13.0 Å². The zero-order valence-corrected chi connectivity index (χ0v) is 6.56. The summed E-state index contributed by atoms with van der Waals surface area (Å²) in [5, 5.41) is 12.2. The van der Waals surface area contributed by atoms with E-state index in [9.17, 15) is 4.79 Å². The van der Waals surface area contributed by atoms with E-state index in [-0.39, 0.29) is 11.4 Å². The topological polar surface area (TPSA) is 84.7 Å². The van der Waals surface area contributed by atoms with Crippen molar-refractivity contribution in [3.8, 4) is 6.07 Å². The van der Waals surface area contributed by atoms with E-state index in [2.05, 4.69) is 5.10 Å². The summed E-state index contributed by atoms with van der Waals surface area (Å²) in [4.78, 5) is 11.1. The standard InChI is InChI=1S/C7H8N4O/c1-5(4-8)11-7(12)3-2-6(9)10-11/h2-3,5H,1H3,(H2,9,10). The van der Waals surface area contributed by atoms with Crippen LogP contribution in [0.5, 0.6) is 0 Å². The van der Waals surface area contributed by atoms with Gasteiger partial charge in [-0.2, -0.15) is 10.4 Å². The molecule has 62 valence electrons. The van der Waals surface area contributed by atoms with Crippen LogP contribution in [0.15, 0.2) is 16.9 Å². The first-order chi connectivity index (χ1) is 5.65. The highest BCUT2D eigenvalue weighted by Gasteiger charge is 2.05. The molecule has 0 aliphatic heterocycles. The maximum absolute atomic E-state index is 11.1. The lowest BCUT2D eigenvalue weighted by atomic mass is 10.4. The number of aromatic nitrogens is 2. The molecule has 0 amide bonds. The number of hydrogen-bond acceptors (Lipinski definition) is 4. The Kier molecular flexibility index (Phi) is 2.10. The zero-order valence-electron chi connectivity index (χ0n) is 6.56. The average Bonchev–Trinajstić information content (AvgIpc) is 2.08. The van der Waals surface area contributed by atoms with Crippen LogP contribution in [-0.2, 0) is 0 Å². The molecule has 1 aromatic rings. The van der Waals surface area contributed by atoms with E-state index < -0.39 is 6.04 Å². The Morgan fingerprint density at radius 1 is 1.75 bits per heavy atom. The van der Waals surface area contributed by atoms with Gasteiger partial charge in [0.25, 0.3) is 5.56 Å². The van der Waals surface area contributed by atoms with E-state index >= 15 is 0 Å². The molecule has 0 saturated carbocycles. The molecule has 1 rings (SSSR count). The lowest BCUT2D eigenvalue weighted by molar-refractivity contribution is 0.559. The van der Waals surface area contributed by atoms with Gasteiger partial charge in [0.05, 0.1) is 6.07 Å². The minimum atomic E-state index is -0.582. The molecule has 1 aromatic heterocycles. The van der Waals surface area contributed by atoms with Crippen LogP contribution in [0.1, 0.15) is 13.0 Å². The number of anilines is 1. The van der Waals surface area contributed by atoms with E-state index in [1.54, 1.807) is 6.92 Å². The summed E-state index contributed by atoms with van der Waals surface area (Å²) >= 11 is 0. The molecule has 0 spiro atoms. The number of nitrogens with zero attached hydrogens (tertiary/aromatic N) is 3. The second-order valence-corrected chi connectivity index (χ2v) is 2.35. The van der Waals surface area contributed by atoms with Gasteiger partial charge in [-0.25, -0.2) is 4.68 Å². The molecule has 5 heteroatoms. The highest BCUT2D eigenvalue weighted by molar-refractivity contribution is 5.23. The second kappa shape index (κ2) is 3.05. The van der Waals surface area contributed by atoms with Gasteiger partial charge in [0.1, 0.15) is 11.9 Å². The van der Waals surface area contributed by atoms with Gasteiger partial charge >= 0.3 is 0 Å². The summed E-state index contributed by atoms with van der Waals surface area (Å²) in [5.74, 6) is 0.233. The summed E-state index contributed by atoms with van der Waals surface area (Å²) in [6, 6.07) is 4.01. The van der Waals surface area contributed by atoms with Crippen molar-refractivity contribution in [3.05, 3.63) is 22.5 Å². The first-order valence-electron chi connectivity index (χ1n) is 3.40. The first kappa shape index (κ1) is 8.27. The van der Waals surface area contributed by atoms with Crippen molar-refractivity contribution < 1.29 is 0 Å². The number of nitrogens with two attached hydrogens (primary N) is 1. The van der Waals surface area contributed by atoms with Crippen LogP contribution in [-0.4, -0.2) is 9.78 Å². The van der Waals surface area contributed by atoms with Gasteiger partial charge in [-0.1, -0.05) is 0 Å². The van der Waals surface area contributed by atoms with E-state index in [1.165, 1.54) is 12.1 Å². The highest BCUT2D eigenvalue weighted by Crippen LogP contribution is 1.98. The van der Waals surface area contributed by atoms with Gasteiger partial charge in [0, 0.05) is 6.07 Å². The maximum Gasteiger partial charge on any atom is 0.268 e. The number of nitriles is 1. The quantitative estimate of drug-likeness (QED) is 0.628. The van der Waals surface area contributed by atoms with Crippen molar-refractivity contribution in [3.63, 3.8) is 0 Å². The summed E-state index contributed by atoms with van der Waals surface area (Å²) in [6.07, 6.45) is 0. The van der Waals surface area contributed by atoms with Crippen molar-refractivity contribution in [1.29, 1.82) is 5.26 Å². The number of hydrogen-bond donors (Lipinski definition) is 1. The van der Waals surface area contributed by atoms with Crippen LogP contribution in [0.2, 0.25) is 0 Å². The fourth-order valence-electron chi connectivity index (χ4n) is 0.772. The van der Waals surface area contributed by atoms with Crippen LogP contribution < -0.4 is 11.3 Å². The average molecular weight is 164 g/mol. The predicted octanol–water partition coefficient (Wildman–Crippen LogP) is -0.0899. The monoisotopic (exact) mass is 164 g/mol. The molecule has 5 nitrogen and oxygen atoms in total. The normalized spacial score (nSPS) is 12.0. The SMILES string of the molecule is CC(C#N)n1nc(N)ccc1=O. The van der Waals surface area contributed by atoms with Crippen LogP contribution >= 0.6 is 0 Å². The Morgan fingerprint density at radius 3 is 3.00 bits per heavy atom. The Morgan fingerprint density at radius 2 is 2.42 bits per heavy atom. The summed E-state index contributed by atoms with van der Waals surface area (Å²) in [7, 11) is 0. The Balaban J connectivity index is 3.25. The van der Waals surface area contributed by atoms with Crippen LogP contribution in [0.25, 0.3) is 0 Å². The highest BCUT2D eigenvalue weighted by atomic mass is 16.1. The molecule has 0 aromatic carbocycles. The Bertz CT molecular complexity index is 376. The molecular weight excluding hydrogens is 156 g/mol. The van der Waals surface area contributed by atoms with Crippen LogP contribution in [0.3, 0.4) is 0 Å². The van der Waals surface area contributed by atoms with E-state index in [1.807, 2.05) is 6.07 Å². The number of rotatable bonds is 1. The fourth-order valence-corrected chi connectivity index (χ4v) is 0.772. The molecule has 2 N–H and O–H groups in total. The Hall–Kier alpha value is -1.83.